The van der Waals surface area contributed by atoms with Gasteiger partial charge >= 0.3 is 0 Å². The summed E-state index contributed by atoms with van der Waals surface area (Å²) in [6.07, 6.45) is 2.84. The number of hydrogen-bond acceptors (Lipinski definition) is 2. The molecule has 1 atom stereocenters. The molecule has 0 saturated carbocycles. The summed E-state index contributed by atoms with van der Waals surface area (Å²) >= 11 is 9.09. The minimum absolute atomic E-state index is 0.340. The molecule has 0 amide bonds. The van der Waals surface area contributed by atoms with Crippen LogP contribution in [0.1, 0.15) is 26.5 Å². The Labute approximate surface area is 123 Å². The Morgan fingerprint density at radius 2 is 2.12 bits per heavy atom. The lowest BCUT2D eigenvalue weighted by Gasteiger charge is -2.06. The molecule has 90 valence electrons. The summed E-state index contributed by atoms with van der Waals surface area (Å²) in [5, 5.41) is 0. The molecule has 0 bridgehead atoms. The monoisotopic (exact) mass is 373 g/mol. The molecule has 0 aliphatic rings. The summed E-state index contributed by atoms with van der Waals surface area (Å²) in [4.78, 5) is 6.12. The molecule has 0 fully saturated rings. The fourth-order valence-corrected chi connectivity index (χ4v) is 3.83. The van der Waals surface area contributed by atoms with Crippen LogP contribution in [0.2, 0.25) is 0 Å². The van der Waals surface area contributed by atoms with Crippen molar-refractivity contribution in [2.45, 2.75) is 25.1 Å². The molecule has 2 heterocycles. The van der Waals surface area contributed by atoms with Crippen LogP contribution in [0.25, 0.3) is 0 Å². The molecule has 0 aliphatic carbocycles. The molecule has 4 heteroatoms. The van der Waals surface area contributed by atoms with Crippen LogP contribution in [0.15, 0.2) is 28.2 Å². The van der Waals surface area contributed by atoms with Crippen LogP contribution in [0.5, 0.6) is 0 Å². The number of aryl methyl sites for hydroxylation is 2. The van der Waals surface area contributed by atoms with E-state index in [1.54, 1.807) is 11.3 Å². The van der Waals surface area contributed by atoms with Crippen LogP contribution in [0.4, 0.5) is 0 Å². The van der Waals surface area contributed by atoms with Gasteiger partial charge in [0.15, 0.2) is 0 Å². The van der Waals surface area contributed by atoms with Gasteiger partial charge in [-0.05, 0) is 53.0 Å². The predicted octanol–water partition coefficient (Wildman–Crippen LogP) is 5.20. The van der Waals surface area contributed by atoms with Crippen LogP contribution < -0.4 is 0 Å². The van der Waals surface area contributed by atoms with Crippen molar-refractivity contribution in [2.75, 3.05) is 0 Å². The van der Waals surface area contributed by atoms with Gasteiger partial charge in [0.2, 0.25) is 0 Å². The fraction of sp³-hybridized carbons (Fsp3) is 0.308. The molecular formula is C13H13Br2NS. The summed E-state index contributed by atoms with van der Waals surface area (Å²) in [6, 6.07) is 6.43. The maximum Gasteiger partial charge on any atom is 0.0730 e. The Balaban J connectivity index is 2.11. The lowest BCUT2D eigenvalue weighted by atomic mass is 10.1. The second-order valence-electron chi connectivity index (χ2n) is 4.10. The standard InChI is InChI=1S/C13H13Br2NS/c1-8-3-4-10(16-7-8)6-11(14)12-5-9(2)13(15)17-12/h3-5,7,11H,6H2,1-2H3. The van der Waals surface area contributed by atoms with Gasteiger partial charge in [-0.15, -0.1) is 11.3 Å². The van der Waals surface area contributed by atoms with Crippen molar-refractivity contribution in [3.05, 3.63) is 49.9 Å². The first-order chi connectivity index (χ1) is 8.06. The maximum atomic E-state index is 4.44. The molecule has 0 spiro atoms. The van der Waals surface area contributed by atoms with Crippen LogP contribution in [0, 0.1) is 13.8 Å². The van der Waals surface area contributed by atoms with Crippen molar-refractivity contribution in [3.63, 3.8) is 0 Å². The number of alkyl halides is 1. The van der Waals surface area contributed by atoms with Crippen LogP contribution in [-0.2, 0) is 6.42 Å². The molecule has 2 rings (SSSR count). The van der Waals surface area contributed by atoms with E-state index in [1.165, 1.54) is 19.8 Å². The summed E-state index contributed by atoms with van der Waals surface area (Å²) in [6.45, 7) is 4.18. The number of thiophene rings is 1. The Morgan fingerprint density at radius 3 is 2.65 bits per heavy atom. The highest BCUT2D eigenvalue weighted by Gasteiger charge is 2.13. The number of nitrogens with zero attached hydrogens (tertiary/aromatic N) is 1. The molecule has 0 aliphatic heterocycles. The predicted molar refractivity (Wildman–Crippen MR) is 81.1 cm³/mol. The van der Waals surface area contributed by atoms with E-state index < -0.39 is 0 Å². The first-order valence-electron chi connectivity index (χ1n) is 5.37. The van der Waals surface area contributed by atoms with Crippen molar-refractivity contribution in [3.8, 4) is 0 Å². The number of pyridine rings is 1. The summed E-state index contributed by atoms with van der Waals surface area (Å²) in [5.41, 5.74) is 3.63. The van der Waals surface area contributed by atoms with Gasteiger partial charge in [-0.3, -0.25) is 4.98 Å². The summed E-state index contributed by atoms with van der Waals surface area (Å²) in [7, 11) is 0. The fourth-order valence-electron chi connectivity index (χ4n) is 1.54. The number of hydrogen-bond donors (Lipinski definition) is 0. The van der Waals surface area contributed by atoms with Crippen LogP contribution >= 0.6 is 43.2 Å². The average molecular weight is 375 g/mol. The van der Waals surface area contributed by atoms with Crippen molar-refractivity contribution < 1.29 is 0 Å². The minimum atomic E-state index is 0.340. The molecule has 2 aromatic heterocycles. The molecule has 0 radical (unpaired) electrons. The van der Waals surface area contributed by atoms with Gasteiger partial charge in [0.1, 0.15) is 0 Å². The molecule has 0 N–H and O–H groups in total. The van der Waals surface area contributed by atoms with Gasteiger partial charge in [-0.2, -0.15) is 0 Å². The van der Waals surface area contributed by atoms with Crippen molar-refractivity contribution in [1.82, 2.24) is 4.98 Å². The van der Waals surface area contributed by atoms with Crippen molar-refractivity contribution in [2.24, 2.45) is 0 Å². The Kier molecular flexibility index (Phi) is 4.39. The smallest absolute Gasteiger partial charge is 0.0730 e. The minimum Gasteiger partial charge on any atom is -0.261 e. The second kappa shape index (κ2) is 5.63. The van der Waals surface area contributed by atoms with Crippen molar-refractivity contribution in [1.29, 1.82) is 0 Å². The van der Waals surface area contributed by atoms with Gasteiger partial charge in [0.25, 0.3) is 0 Å². The van der Waals surface area contributed by atoms with Gasteiger partial charge in [-0.1, -0.05) is 22.0 Å². The number of halogens is 2. The molecule has 1 unspecified atom stereocenters. The summed E-state index contributed by atoms with van der Waals surface area (Å²) in [5.74, 6) is 0. The zero-order chi connectivity index (χ0) is 12.4. The Morgan fingerprint density at radius 1 is 1.35 bits per heavy atom. The maximum absolute atomic E-state index is 4.44. The van der Waals surface area contributed by atoms with Gasteiger partial charge in [0, 0.05) is 23.2 Å². The lowest BCUT2D eigenvalue weighted by Crippen LogP contribution is -1.95. The molecular weight excluding hydrogens is 362 g/mol. The van der Waals surface area contributed by atoms with E-state index in [4.69, 9.17) is 0 Å². The topological polar surface area (TPSA) is 12.9 Å². The van der Waals surface area contributed by atoms with E-state index >= 15 is 0 Å². The third-order valence-corrected chi connectivity index (χ3v) is 5.92. The van der Waals surface area contributed by atoms with Gasteiger partial charge < -0.3 is 0 Å². The molecule has 0 saturated heterocycles. The largest absolute Gasteiger partial charge is 0.261 e. The zero-order valence-electron chi connectivity index (χ0n) is 9.71. The lowest BCUT2D eigenvalue weighted by molar-refractivity contribution is 0.916. The molecule has 0 aromatic carbocycles. The quantitative estimate of drug-likeness (QED) is 0.672. The average Bonchev–Trinajstić information content (AvgIpc) is 2.63. The molecule has 17 heavy (non-hydrogen) atoms. The third kappa shape index (κ3) is 3.39. The van der Waals surface area contributed by atoms with E-state index in [-0.39, 0.29) is 0 Å². The second-order valence-corrected chi connectivity index (χ2v) is 7.61. The third-order valence-electron chi connectivity index (χ3n) is 2.55. The van der Waals surface area contributed by atoms with E-state index in [9.17, 15) is 0 Å². The highest BCUT2D eigenvalue weighted by atomic mass is 79.9. The Bertz CT molecular complexity index is 485. The van der Waals surface area contributed by atoms with Gasteiger partial charge in [-0.25, -0.2) is 0 Å². The Hall–Kier alpha value is -0.190. The normalized spacial score (nSPS) is 12.7. The van der Waals surface area contributed by atoms with E-state index in [1.807, 2.05) is 6.20 Å². The van der Waals surface area contributed by atoms with E-state index in [0.29, 0.717) is 4.83 Å². The molecule has 1 nitrogen and oxygen atoms in total. The van der Waals surface area contributed by atoms with Crippen LogP contribution in [-0.4, -0.2) is 4.98 Å². The number of aromatic nitrogens is 1. The summed E-state index contributed by atoms with van der Waals surface area (Å²) < 4.78 is 1.22. The van der Waals surface area contributed by atoms with Crippen molar-refractivity contribution >= 4 is 43.2 Å². The van der Waals surface area contributed by atoms with E-state index in [2.05, 4.69) is 68.9 Å². The SMILES string of the molecule is Cc1ccc(CC(Br)c2cc(C)c(Br)s2)nc1. The first kappa shape index (κ1) is 13.2. The van der Waals surface area contributed by atoms with E-state index in [0.717, 1.165) is 12.1 Å². The van der Waals surface area contributed by atoms with Crippen LogP contribution in [0.3, 0.4) is 0 Å². The number of rotatable bonds is 3. The van der Waals surface area contributed by atoms with Gasteiger partial charge in [0.05, 0.1) is 8.61 Å². The molecule has 2 aromatic rings. The zero-order valence-corrected chi connectivity index (χ0v) is 13.7. The first-order valence-corrected chi connectivity index (χ1v) is 7.90. The highest BCUT2D eigenvalue weighted by Crippen LogP contribution is 2.36. The highest BCUT2D eigenvalue weighted by molar-refractivity contribution is 9.11.